The number of guanidine groups is 1. The number of aliphatic imine (C=N–C) groups is 1. The molecule has 0 saturated carbocycles. The Kier molecular flexibility index (Phi) is 7.77. The molecule has 0 aromatic heterocycles. The Morgan fingerprint density at radius 1 is 1.33 bits per heavy atom. The zero-order valence-corrected chi connectivity index (χ0v) is 14.7. The van der Waals surface area contributed by atoms with Crippen LogP contribution in [0.5, 0.6) is 5.75 Å². The Morgan fingerprint density at radius 2 is 2.05 bits per heavy atom. The molecular formula is C15H23FIN3O. The molecule has 1 aliphatic heterocycles. The first-order valence-corrected chi connectivity index (χ1v) is 7.08. The Hall–Kier alpha value is -1.05. The van der Waals surface area contributed by atoms with Crippen LogP contribution in [0.1, 0.15) is 24.8 Å². The number of piperidine rings is 1. The van der Waals surface area contributed by atoms with E-state index in [9.17, 15) is 4.39 Å². The van der Waals surface area contributed by atoms with E-state index in [0.717, 1.165) is 25.1 Å². The summed E-state index contributed by atoms with van der Waals surface area (Å²) in [5, 5.41) is 0. The van der Waals surface area contributed by atoms with E-state index in [1.54, 1.807) is 12.1 Å². The van der Waals surface area contributed by atoms with Gasteiger partial charge in [-0.3, -0.25) is 4.99 Å². The number of nitrogens with zero attached hydrogens (tertiary/aromatic N) is 2. The van der Waals surface area contributed by atoms with E-state index >= 15 is 0 Å². The number of nitrogens with two attached hydrogens (primary N) is 1. The molecule has 2 N–H and O–H groups in total. The van der Waals surface area contributed by atoms with E-state index in [1.165, 1.54) is 32.4 Å². The maximum atomic E-state index is 13.3. The van der Waals surface area contributed by atoms with Crippen LogP contribution in [0.4, 0.5) is 4.39 Å². The van der Waals surface area contributed by atoms with E-state index in [2.05, 4.69) is 9.89 Å². The van der Waals surface area contributed by atoms with Crippen LogP contribution in [-0.2, 0) is 6.42 Å². The van der Waals surface area contributed by atoms with Crippen molar-refractivity contribution in [2.24, 2.45) is 10.7 Å². The third-order valence-corrected chi connectivity index (χ3v) is 3.57. The van der Waals surface area contributed by atoms with E-state index < -0.39 is 0 Å². The summed E-state index contributed by atoms with van der Waals surface area (Å²) in [4.78, 5) is 6.54. The first kappa shape index (κ1) is 18.0. The maximum Gasteiger partial charge on any atom is 0.191 e. The number of benzene rings is 1. The Bertz CT molecular complexity index is 476. The lowest BCUT2D eigenvalue weighted by atomic mass is 10.1. The van der Waals surface area contributed by atoms with E-state index in [1.807, 2.05) is 0 Å². The summed E-state index contributed by atoms with van der Waals surface area (Å²) < 4.78 is 18.2. The monoisotopic (exact) mass is 407 g/mol. The summed E-state index contributed by atoms with van der Waals surface area (Å²) in [5.41, 5.74) is 6.98. The van der Waals surface area contributed by atoms with Crippen LogP contribution < -0.4 is 10.5 Å². The largest absolute Gasteiger partial charge is 0.494 e. The summed E-state index contributed by atoms with van der Waals surface area (Å²) in [6, 6.07) is 4.89. The highest BCUT2D eigenvalue weighted by atomic mass is 127. The van der Waals surface area contributed by atoms with Gasteiger partial charge in [0, 0.05) is 19.6 Å². The summed E-state index contributed by atoms with van der Waals surface area (Å²) >= 11 is 0. The predicted octanol–water partition coefficient (Wildman–Crippen LogP) is 2.80. The molecule has 21 heavy (non-hydrogen) atoms. The highest BCUT2D eigenvalue weighted by molar-refractivity contribution is 14.0. The normalized spacial score (nSPS) is 15.5. The number of hydrogen-bond acceptors (Lipinski definition) is 2. The van der Waals surface area contributed by atoms with Gasteiger partial charge in [-0.05, 0) is 43.4 Å². The number of halogens is 2. The second-order valence-electron chi connectivity index (χ2n) is 5.01. The molecule has 1 aliphatic rings. The van der Waals surface area contributed by atoms with Crippen LogP contribution in [-0.4, -0.2) is 37.6 Å². The fourth-order valence-electron chi connectivity index (χ4n) is 2.38. The van der Waals surface area contributed by atoms with Crippen molar-refractivity contribution in [2.45, 2.75) is 25.7 Å². The molecule has 1 saturated heterocycles. The maximum absolute atomic E-state index is 13.3. The zero-order valence-electron chi connectivity index (χ0n) is 12.3. The Morgan fingerprint density at radius 3 is 2.71 bits per heavy atom. The van der Waals surface area contributed by atoms with Gasteiger partial charge >= 0.3 is 0 Å². The molecule has 118 valence electrons. The molecule has 0 aliphatic carbocycles. The van der Waals surface area contributed by atoms with Crippen molar-refractivity contribution in [3.8, 4) is 5.75 Å². The predicted molar refractivity (Wildman–Crippen MR) is 94.0 cm³/mol. The number of rotatable bonds is 4. The molecule has 4 nitrogen and oxygen atoms in total. The van der Waals surface area contributed by atoms with Gasteiger partial charge < -0.3 is 15.4 Å². The van der Waals surface area contributed by atoms with Gasteiger partial charge in [-0.1, -0.05) is 6.07 Å². The summed E-state index contributed by atoms with van der Waals surface area (Å²) in [6.07, 6.45) is 4.38. The molecule has 0 amide bonds. The molecule has 1 heterocycles. The molecule has 0 bridgehead atoms. The van der Waals surface area contributed by atoms with Gasteiger partial charge in [0.15, 0.2) is 17.5 Å². The van der Waals surface area contributed by atoms with E-state index in [-0.39, 0.29) is 35.5 Å². The first-order chi connectivity index (χ1) is 9.70. The minimum absolute atomic E-state index is 0. The van der Waals surface area contributed by atoms with Crippen molar-refractivity contribution in [1.82, 2.24) is 4.90 Å². The summed E-state index contributed by atoms with van der Waals surface area (Å²) in [5.74, 6) is 0.557. The molecule has 1 fully saturated rings. The van der Waals surface area contributed by atoms with Crippen molar-refractivity contribution in [3.05, 3.63) is 29.6 Å². The minimum atomic E-state index is -0.340. The fourth-order valence-corrected chi connectivity index (χ4v) is 2.38. The summed E-state index contributed by atoms with van der Waals surface area (Å²) in [7, 11) is 1.47. The highest BCUT2D eigenvalue weighted by Crippen LogP contribution is 2.18. The highest BCUT2D eigenvalue weighted by Gasteiger charge is 2.11. The van der Waals surface area contributed by atoms with Gasteiger partial charge in [0.1, 0.15) is 0 Å². The third-order valence-electron chi connectivity index (χ3n) is 3.57. The first-order valence-electron chi connectivity index (χ1n) is 7.08. The number of likely N-dealkylation sites (tertiary alicyclic amines) is 1. The average Bonchev–Trinajstić information content (AvgIpc) is 2.49. The molecule has 0 spiro atoms. The van der Waals surface area contributed by atoms with E-state index in [0.29, 0.717) is 12.5 Å². The molecule has 1 aromatic carbocycles. The van der Waals surface area contributed by atoms with Crippen LogP contribution in [0, 0.1) is 5.82 Å². The van der Waals surface area contributed by atoms with Gasteiger partial charge in [0.05, 0.1) is 7.11 Å². The van der Waals surface area contributed by atoms with Crippen molar-refractivity contribution in [3.63, 3.8) is 0 Å². The van der Waals surface area contributed by atoms with Crippen molar-refractivity contribution < 1.29 is 9.13 Å². The lowest BCUT2D eigenvalue weighted by molar-refractivity contribution is 0.338. The minimum Gasteiger partial charge on any atom is -0.494 e. The van der Waals surface area contributed by atoms with Crippen LogP contribution in [0.2, 0.25) is 0 Å². The van der Waals surface area contributed by atoms with E-state index in [4.69, 9.17) is 10.5 Å². The summed E-state index contributed by atoms with van der Waals surface area (Å²) in [6.45, 7) is 2.61. The van der Waals surface area contributed by atoms with Crippen LogP contribution in [0.25, 0.3) is 0 Å². The molecule has 1 aromatic rings. The second kappa shape index (κ2) is 9.07. The van der Waals surface area contributed by atoms with Gasteiger partial charge in [-0.25, -0.2) is 4.39 Å². The molecule has 0 radical (unpaired) electrons. The third kappa shape index (κ3) is 5.33. The van der Waals surface area contributed by atoms with Crippen molar-refractivity contribution in [2.75, 3.05) is 26.7 Å². The Labute approximate surface area is 142 Å². The molecule has 0 atom stereocenters. The number of ether oxygens (including phenoxy) is 1. The zero-order chi connectivity index (χ0) is 14.4. The average molecular weight is 407 g/mol. The van der Waals surface area contributed by atoms with Crippen molar-refractivity contribution in [1.29, 1.82) is 0 Å². The van der Waals surface area contributed by atoms with Crippen LogP contribution in [0.15, 0.2) is 23.2 Å². The molecular weight excluding hydrogens is 384 g/mol. The number of hydrogen-bond donors (Lipinski definition) is 1. The second-order valence-corrected chi connectivity index (χ2v) is 5.01. The van der Waals surface area contributed by atoms with Gasteiger partial charge in [0.25, 0.3) is 0 Å². The molecule has 0 unspecified atom stereocenters. The smallest absolute Gasteiger partial charge is 0.191 e. The van der Waals surface area contributed by atoms with Gasteiger partial charge in [-0.2, -0.15) is 0 Å². The lowest BCUT2D eigenvalue weighted by Crippen LogP contribution is -2.41. The van der Waals surface area contributed by atoms with Crippen LogP contribution in [0.3, 0.4) is 0 Å². The molecule has 2 rings (SSSR count). The topological polar surface area (TPSA) is 50.9 Å². The fraction of sp³-hybridized carbons (Fsp3) is 0.533. The SMILES string of the molecule is COc1cc(CCN=C(N)N2CCCCC2)ccc1F.I. The van der Waals surface area contributed by atoms with Gasteiger partial charge in [0.2, 0.25) is 0 Å². The quantitative estimate of drug-likeness (QED) is 0.475. The molecule has 6 heteroatoms. The van der Waals surface area contributed by atoms with Gasteiger partial charge in [-0.15, -0.1) is 24.0 Å². The standard InChI is InChI=1S/C15H22FN3O.HI/c1-20-14-11-12(5-6-13(14)16)7-8-18-15(17)19-9-3-2-4-10-19;/h5-6,11H,2-4,7-10H2,1H3,(H2,17,18);1H. The lowest BCUT2D eigenvalue weighted by Gasteiger charge is -2.27. The van der Waals surface area contributed by atoms with Crippen molar-refractivity contribution >= 4 is 29.9 Å². The van der Waals surface area contributed by atoms with Crippen LogP contribution >= 0.6 is 24.0 Å². The number of methoxy groups -OCH3 is 1. The Balaban J connectivity index is 0.00000220.